The molecule has 2 amide bonds. The number of halogens is 1. The number of aryl methyl sites for hydroxylation is 1. The number of thiazole rings is 1. The fourth-order valence-electron chi connectivity index (χ4n) is 2.40. The van der Waals surface area contributed by atoms with Crippen molar-refractivity contribution in [3.8, 4) is 0 Å². The first-order valence-corrected chi connectivity index (χ1v) is 9.37. The molecule has 3 rings (SSSR count). The summed E-state index contributed by atoms with van der Waals surface area (Å²) >= 11 is 4.75. The minimum absolute atomic E-state index is 0.277. The van der Waals surface area contributed by atoms with E-state index in [1.165, 1.54) is 11.3 Å². The Morgan fingerprint density at radius 3 is 2.68 bits per heavy atom. The number of hydrogen-bond donors (Lipinski definition) is 2. The Hall–Kier alpha value is -1.97. The van der Waals surface area contributed by atoms with Gasteiger partial charge in [0.1, 0.15) is 5.69 Å². The lowest BCUT2D eigenvalue weighted by molar-refractivity contribution is 0.0844. The number of aromatic nitrogens is 1. The Labute approximate surface area is 157 Å². The van der Waals surface area contributed by atoms with Crippen LogP contribution in [0.15, 0.2) is 28.1 Å². The molecule has 0 atom stereocenters. The minimum atomic E-state index is -0.445. The molecule has 1 aromatic carbocycles. The number of anilines is 1. The third kappa shape index (κ3) is 4.36. The van der Waals surface area contributed by atoms with Gasteiger partial charge in [0.2, 0.25) is 0 Å². The molecule has 7 nitrogen and oxygen atoms in total. The smallest absolute Gasteiger partial charge is 0.289 e. The van der Waals surface area contributed by atoms with Crippen molar-refractivity contribution in [2.75, 3.05) is 31.2 Å². The van der Waals surface area contributed by atoms with E-state index in [1.807, 2.05) is 13.0 Å². The van der Waals surface area contributed by atoms with Gasteiger partial charge >= 0.3 is 0 Å². The quantitative estimate of drug-likeness (QED) is 0.737. The Bertz CT molecular complexity index is 789. The van der Waals surface area contributed by atoms with E-state index < -0.39 is 5.91 Å². The van der Waals surface area contributed by atoms with E-state index in [9.17, 15) is 9.59 Å². The fraction of sp³-hybridized carbons (Fsp3) is 0.312. The van der Waals surface area contributed by atoms with Gasteiger partial charge in [-0.15, -0.1) is 11.3 Å². The van der Waals surface area contributed by atoms with Gasteiger partial charge in [0.15, 0.2) is 5.13 Å². The number of hydrazine groups is 1. The topological polar surface area (TPSA) is 83.6 Å². The van der Waals surface area contributed by atoms with Crippen molar-refractivity contribution >= 4 is 44.2 Å². The van der Waals surface area contributed by atoms with Crippen LogP contribution in [0.2, 0.25) is 0 Å². The van der Waals surface area contributed by atoms with Crippen LogP contribution < -0.4 is 15.8 Å². The molecule has 132 valence electrons. The van der Waals surface area contributed by atoms with Crippen LogP contribution >= 0.6 is 27.3 Å². The molecule has 0 aliphatic carbocycles. The minimum Gasteiger partial charge on any atom is -0.378 e. The first-order valence-electron chi connectivity index (χ1n) is 7.69. The first-order chi connectivity index (χ1) is 12.0. The Morgan fingerprint density at radius 1 is 1.24 bits per heavy atom. The zero-order chi connectivity index (χ0) is 17.8. The largest absolute Gasteiger partial charge is 0.378 e. The van der Waals surface area contributed by atoms with Crippen LogP contribution in [0.25, 0.3) is 0 Å². The number of benzene rings is 1. The Balaban J connectivity index is 1.59. The van der Waals surface area contributed by atoms with E-state index in [2.05, 4.69) is 36.7 Å². The third-order valence-corrected chi connectivity index (χ3v) is 5.12. The highest BCUT2D eigenvalue weighted by atomic mass is 79.9. The second-order valence-electron chi connectivity index (χ2n) is 5.48. The summed E-state index contributed by atoms with van der Waals surface area (Å²) in [6.45, 7) is 4.66. The van der Waals surface area contributed by atoms with E-state index in [0.717, 1.165) is 28.3 Å². The van der Waals surface area contributed by atoms with Gasteiger partial charge in [0, 0.05) is 28.5 Å². The van der Waals surface area contributed by atoms with Crippen molar-refractivity contribution in [1.29, 1.82) is 0 Å². The summed E-state index contributed by atoms with van der Waals surface area (Å²) in [5.74, 6) is -0.819. The normalized spacial score (nSPS) is 14.2. The molecule has 9 heteroatoms. The van der Waals surface area contributed by atoms with Crippen molar-refractivity contribution in [1.82, 2.24) is 15.8 Å². The molecule has 1 aliphatic heterocycles. The molecule has 2 aromatic rings. The standard InChI is InChI=1S/C16H17BrN4O3S/c1-10-8-11(17)2-3-12(10)14(22)19-20-15(23)13-9-25-16(18-13)21-4-6-24-7-5-21/h2-3,8-9H,4-7H2,1H3,(H,19,22)(H,20,23). The maximum Gasteiger partial charge on any atom is 0.289 e. The monoisotopic (exact) mass is 424 g/mol. The summed E-state index contributed by atoms with van der Waals surface area (Å²) in [7, 11) is 0. The molecule has 0 spiro atoms. The van der Waals surface area contributed by atoms with Crippen LogP contribution in [0.1, 0.15) is 26.4 Å². The van der Waals surface area contributed by atoms with Crippen LogP contribution in [0.5, 0.6) is 0 Å². The van der Waals surface area contributed by atoms with Gasteiger partial charge in [0.05, 0.1) is 13.2 Å². The summed E-state index contributed by atoms with van der Waals surface area (Å²) < 4.78 is 6.20. The van der Waals surface area contributed by atoms with Gasteiger partial charge in [-0.1, -0.05) is 15.9 Å². The molecule has 0 saturated carbocycles. The van der Waals surface area contributed by atoms with Crippen molar-refractivity contribution in [3.05, 3.63) is 44.9 Å². The molecule has 0 unspecified atom stereocenters. The van der Waals surface area contributed by atoms with E-state index in [4.69, 9.17) is 4.74 Å². The highest BCUT2D eigenvalue weighted by molar-refractivity contribution is 9.10. The summed E-state index contributed by atoms with van der Waals surface area (Å²) in [6, 6.07) is 5.31. The van der Waals surface area contributed by atoms with Crippen molar-refractivity contribution in [2.45, 2.75) is 6.92 Å². The van der Waals surface area contributed by atoms with Crippen molar-refractivity contribution in [3.63, 3.8) is 0 Å². The van der Waals surface area contributed by atoms with Crippen LogP contribution in [0.4, 0.5) is 5.13 Å². The summed E-state index contributed by atoms with van der Waals surface area (Å²) in [6.07, 6.45) is 0. The zero-order valence-corrected chi connectivity index (χ0v) is 15.9. The summed E-state index contributed by atoms with van der Waals surface area (Å²) in [5, 5.41) is 2.46. The number of ether oxygens (including phenoxy) is 1. The molecule has 1 aliphatic rings. The predicted octanol–water partition coefficient (Wildman–Crippen LogP) is 2.13. The van der Waals surface area contributed by atoms with Crippen molar-refractivity contribution in [2.24, 2.45) is 0 Å². The molecule has 1 saturated heterocycles. The number of carbonyl (C=O) groups excluding carboxylic acids is 2. The molecule has 2 heterocycles. The number of rotatable bonds is 3. The molecule has 0 bridgehead atoms. The molecular weight excluding hydrogens is 408 g/mol. The first kappa shape index (κ1) is 17.8. The fourth-order valence-corrected chi connectivity index (χ4v) is 3.73. The lowest BCUT2D eigenvalue weighted by Gasteiger charge is -2.25. The average molecular weight is 425 g/mol. The van der Waals surface area contributed by atoms with Crippen LogP contribution in [0, 0.1) is 6.92 Å². The predicted molar refractivity (Wildman–Crippen MR) is 99.0 cm³/mol. The van der Waals surface area contributed by atoms with Crippen molar-refractivity contribution < 1.29 is 14.3 Å². The molecular formula is C16H17BrN4O3S. The lowest BCUT2D eigenvalue weighted by Crippen LogP contribution is -2.42. The van der Waals surface area contributed by atoms with E-state index in [1.54, 1.807) is 17.5 Å². The number of carbonyl (C=O) groups is 2. The van der Waals surface area contributed by atoms with Gasteiger partial charge in [-0.25, -0.2) is 4.98 Å². The van der Waals surface area contributed by atoms with E-state index in [0.29, 0.717) is 18.8 Å². The van der Waals surface area contributed by atoms with Gasteiger partial charge in [-0.2, -0.15) is 0 Å². The maximum atomic E-state index is 12.2. The molecule has 2 N–H and O–H groups in total. The number of nitrogens with zero attached hydrogens (tertiary/aromatic N) is 2. The van der Waals surface area contributed by atoms with Gasteiger partial charge < -0.3 is 9.64 Å². The van der Waals surface area contributed by atoms with E-state index in [-0.39, 0.29) is 11.6 Å². The van der Waals surface area contributed by atoms with E-state index >= 15 is 0 Å². The number of morpholine rings is 1. The third-order valence-electron chi connectivity index (χ3n) is 3.73. The number of nitrogens with one attached hydrogen (secondary N) is 2. The number of hydrogen-bond acceptors (Lipinski definition) is 6. The van der Waals surface area contributed by atoms with Gasteiger partial charge in [-0.3, -0.25) is 20.4 Å². The highest BCUT2D eigenvalue weighted by Crippen LogP contribution is 2.21. The lowest BCUT2D eigenvalue weighted by atomic mass is 10.1. The second kappa shape index (κ2) is 7.94. The molecule has 25 heavy (non-hydrogen) atoms. The molecule has 0 radical (unpaired) electrons. The van der Waals surface area contributed by atoms with Gasteiger partial charge in [0.25, 0.3) is 11.8 Å². The summed E-state index contributed by atoms with van der Waals surface area (Å²) in [4.78, 5) is 30.8. The van der Waals surface area contributed by atoms with Crippen LogP contribution in [0.3, 0.4) is 0 Å². The molecule has 1 fully saturated rings. The van der Waals surface area contributed by atoms with Crippen LogP contribution in [-0.2, 0) is 4.74 Å². The summed E-state index contributed by atoms with van der Waals surface area (Å²) in [5.41, 5.74) is 6.41. The number of amides is 2. The average Bonchev–Trinajstić information content (AvgIpc) is 3.10. The van der Waals surface area contributed by atoms with Crippen LogP contribution in [-0.4, -0.2) is 43.1 Å². The Kier molecular flexibility index (Phi) is 5.67. The second-order valence-corrected chi connectivity index (χ2v) is 7.23. The molecule has 1 aromatic heterocycles. The SMILES string of the molecule is Cc1cc(Br)ccc1C(=O)NNC(=O)c1csc(N2CCOCC2)n1. The van der Waals surface area contributed by atoms with Gasteiger partial charge in [-0.05, 0) is 30.7 Å². The zero-order valence-electron chi connectivity index (χ0n) is 13.5. The Morgan fingerprint density at radius 2 is 1.96 bits per heavy atom. The maximum absolute atomic E-state index is 12.2. The highest BCUT2D eigenvalue weighted by Gasteiger charge is 2.18.